The van der Waals surface area contributed by atoms with E-state index in [4.69, 9.17) is 5.73 Å². The highest BCUT2D eigenvalue weighted by Crippen LogP contribution is 2.03. The molecule has 1 rings (SSSR count). The van der Waals surface area contributed by atoms with Crippen molar-refractivity contribution < 1.29 is 9.18 Å². The molecule has 72 valence electrons. The van der Waals surface area contributed by atoms with Crippen LogP contribution >= 0.6 is 12.4 Å². The first-order valence-corrected chi connectivity index (χ1v) is 3.68. The molecule has 0 amide bonds. The number of nitrogens with two attached hydrogens (primary N) is 1. The molecule has 2 nitrogen and oxygen atoms in total. The molecule has 0 spiro atoms. The lowest BCUT2D eigenvalue weighted by molar-refractivity contribution is -0.117. The predicted molar refractivity (Wildman–Crippen MR) is 51.4 cm³/mol. The summed E-state index contributed by atoms with van der Waals surface area (Å²) in [6, 6.07) is 5.97. The quantitative estimate of drug-likeness (QED) is 0.805. The highest BCUT2D eigenvalue weighted by Gasteiger charge is 2.01. The van der Waals surface area contributed by atoms with Crippen molar-refractivity contribution in [3.63, 3.8) is 0 Å². The fraction of sp³-hybridized carbons (Fsp3) is 0.222. The van der Waals surface area contributed by atoms with Gasteiger partial charge in [-0.15, -0.1) is 12.4 Å². The lowest BCUT2D eigenvalue weighted by Gasteiger charge is -1.97. The van der Waals surface area contributed by atoms with Crippen molar-refractivity contribution in [3.8, 4) is 0 Å². The van der Waals surface area contributed by atoms with Gasteiger partial charge in [-0.3, -0.25) is 4.79 Å². The molecule has 0 saturated carbocycles. The van der Waals surface area contributed by atoms with Gasteiger partial charge in [0, 0.05) is 6.42 Å². The van der Waals surface area contributed by atoms with E-state index in [1.807, 2.05) is 0 Å². The minimum Gasteiger partial charge on any atom is -0.324 e. The Morgan fingerprint density at radius 2 is 2.15 bits per heavy atom. The van der Waals surface area contributed by atoms with E-state index in [-0.39, 0.29) is 37.0 Å². The molecule has 0 heterocycles. The largest absolute Gasteiger partial charge is 0.324 e. The van der Waals surface area contributed by atoms with Crippen molar-refractivity contribution in [2.75, 3.05) is 6.54 Å². The van der Waals surface area contributed by atoms with Crippen molar-refractivity contribution in [1.82, 2.24) is 0 Å². The van der Waals surface area contributed by atoms with Crippen LogP contribution in [0.2, 0.25) is 0 Å². The zero-order valence-corrected chi connectivity index (χ0v) is 7.81. The van der Waals surface area contributed by atoms with Gasteiger partial charge in [-0.1, -0.05) is 12.1 Å². The zero-order valence-electron chi connectivity index (χ0n) is 7.00. The van der Waals surface area contributed by atoms with E-state index in [1.54, 1.807) is 12.1 Å². The van der Waals surface area contributed by atoms with E-state index in [0.717, 1.165) is 0 Å². The van der Waals surface area contributed by atoms with Crippen LogP contribution in [0.5, 0.6) is 0 Å². The molecule has 1 aromatic rings. The van der Waals surface area contributed by atoms with Crippen LogP contribution in [0.1, 0.15) is 5.56 Å². The van der Waals surface area contributed by atoms with Crippen molar-refractivity contribution in [3.05, 3.63) is 35.6 Å². The molecule has 0 fully saturated rings. The monoisotopic (exact) mass is 203 g/mol. The van der Waals surface area contributed by atoms with Gasteiger partial charge in [0.15, 0.2) is 5.78 Å². The Hall–Kier alpha value is -0.930. The molecule has 0 unspecified atom stereocenters. The highest BCUT2D eigenvalue weighted by atomic mass is 35.5. The molecule has 0 aliphatic carbocycles. The van der Waals surface area contributed by atoms with Crippen LogP contribution in [-0.4, -0.2) is 12.3 Å². The van der Waals surface area contributed by atoms with Gasteiger partial charge in [0.25, 0.3) is 0 Å². The molecule has 4 heteroatoms. The van der Waals surface area contributed by atoms with Gasteiger partial charge >= 0.3 is 0 Å². The van der Waals surface area contributed by atoms with E-state index in [0.29, 0.717) is 5.56 Å². The van der Waals surface area contributed by atoms with Crippen molar-refractivity contribution in [1.29, 1.82) is 0 Å². The molecule has 0 saturated heterocycles. The maximum absolute atomic E-state index is 12.6. The molecule has 1 aromatic carbocycles. The van der Waals surface area contributed by atoms with E-state index < -0.39 is 0 Å². The Morgan fingerprint density at radius 3 is 2.69 bits per heavy atom. The highest BCUT2D eigenvalue weighted by molar-refractivity contribution is 5.85. The average molecular weight is 204 g/mol. The van der Waals surface area contributed by atoms with E-state index in [9.17, 15) is 9.18 Å². The summed E-state index contributed by atoms with van der Waals surface area (Å²) in [5, 5.41) is 0. The Bertz CT molecular complexity index is 291. The molecule has 0 atom stereocenters. The lowest BCUT2D eigenvalue weighted by atomic mass is 10.1. The molecule has 2 N–H and O–H groups in total. The third kappa shape index (κ3) is 4.01. The Kier molecular flexibility index (Phi) is 5.26. The summed E-state index contributed by atoms with van der Waals surface area (Å²) < 4.78 is 12.6. The van der Waals surface area contributed by atoms with E-state index >= 15 is 0 Å². The van der Waals surface area contributed by atoms with Crippen LogP contribution < -0.4 is 5.73 Å². The average Bonchev–Trinajstić information content (AvgIpc) is 2.04. The van der Waals surface area contributed by atoms with Gasteiger partial charge < -0.3 is 5.73 Å². The van der Waals surface area contributed by atoms with Crippen molar-refractivity contribution in [2.24, 2.45) is 5.73 Å². The van der Waals surface area contributed by atoms with Crippen LogP contribution in [0.4, 0.5) is 4.39 Å². The second-order valence-electron chi connectivity index (χ2n) is 2.55. The molecule has 0 bridgehead atoms. The molecule has 0 radical (unpaired) electrons. The number of rotatable bonds is 3. The topological polar surface area (TPSA) is 43.1 Å². The predicted octanol–water partition coefficient (Wildman–Crippen LogP) is 1.32. The zero-order chi connectivity index (χ0) is 8.97. The van der Waals surface area contributed by atoms with Crippen molar-refractivity contribution >= 4 is 18.2 Å². The van der Waals surface area contributed by atoms with Crippen LogP contribution in [0.3, 0.4) is 0 Å². The van der Waals surface area contributed by atoms with Gasteiger partial charge in [0.05, 0.1) is 6.54 Å². The van der Waals surface area contributed by atoms with Crippen LogP contribution in [-0.2, 0) is 11.2 Å². The smallest absolute Gasteiger partial charge is 0.150 e. The first-order chi connectivity index (χ1) is 5.72. The van der Waals surface area contributed by atoms with Crippen LogP contribution in [0.15, 0.2) is 24.3 Å². The third-order valence-corrected chi connectivity index (χ3v) is 1.52. The maximum Gasteiger partial charge on any atom is 0.150 e. The molecule has 0 aliphatic rings. The van der Waals surface area contributed by atoms with Gasteiger partial charge in [-0.2, -0.15) is 0 Å². The third-order valence-electron chi connectivity index (χ3n) is 1.52. The summed E-state index contributed by atoms with van der Waals surface area (Å²) in [6.45, 7) is 0.0104. The summed E-state index contributed by atoms with van der Waals surface area (Å²) in [7, 11) is 0. The number of carbonyl (C=O) groups excluding carboxylic acids is 1. The second-order valence-corrected chi connectivity index (χ2v) is 2.55. The van der Waals surface area contributed by atoms with Gasteiger partial charge in [-0.05, 0) is 17.7 Å². The fourth-order valence-corrected chi connectivity index (χ4v) is 0.947. The minimum atomic E-state index is -0.322. The number of ketones is 1. The molecule has 13 heavy (non-hydrogen) atoms. The number of halogens is 2. The summed E-state index contributed by atoms with van der Waals surface area (Å²) in [5.41, 5.74) is 5.79. The standard InChI is InChI=1S/C9H10FNO.ClH/c10-8-3-1-2-7(4-8)5-9(12)6-11;/h1-4H,5-6,11H2;1H. The maximum atomic E-state index is 12.6. The molecule has 0 aliphatic heterocycles. The number of benzene rings is 1. The minimum absolute atomic E-state index is 0. The summed E-state index contributed by atoms with van der Waals surface area (Å²) in [5.74, 6) is -0.405. The van der Waals surface area contributed by atoms with E-state index in [2.05, 4.69) is 0 Å². The normalized spacial score (nSPS) is 9.08. The Balaban J connectivity index is 0.00000144. The van der Waals surface area contributed by atoms with Gasteiger partial charge in [0.2, 0.25) is 0 Å². The number of hydrogen-bond donors (Lipinski definition) is 1. The Labute approximate surface area is 82.3 Å². The molecule has 0 aromatic heterocycles. The fourth-order valence-electron chi connectivity index (χ4n) is 0.947. The SMILES string of the molecule is Cl.NCC(=O)Cc1cccc(F)c1. The number of hydrogen-bond acceptors (Lipinski definition) is 2. The first-order valence-electron chi connectivity index (χ1n) is 3.68. The van der Waals surface area contributed by atoms with Crippen molar-refractivity contribution in [2.45, 2.75) is 6.42 Å². The van der Waals surface area contributed by atoms with E-state index in [1.165, 1.54) is 12.1 Å². The van der Waals surface area contributed by atoms with Gasteiger partial charge in [-0.25, -0.2) is 4.39 Å². The number of Topliss-reactive ketones (excluding diaryl/α,β-unsaturated/α-hetero) is 1. The Morgan fingerprint density at radius 1 is 1.46 bits per heavy atom. The summed E-state index contributed by atoms with van der Waals surface area (Å²) in [6.07, 6.45) is 0.217. The van der Waals surface area contributed by atoms with Crippen LogP contribution in [0, 0.1) is 5.82 Å². The first kappa shape index (κ1) is 12.1. The second kappa shape index (κ2) is 5.67. The lowest BCUT2D eigenvalue weighted by Crippen LogP contribution is -2.15. The molecular weight excluding hydrogens is 193 g/mol. The summed E-state index contributed by atoms with van der Waals surface area (Å²) >= 11 is 0. The van der Waals surface area contributed by atoms with Crippen LogP contribution in [0.25, 0.3) is 0 Å². The molecular formula is C9H11ClFNO. The number of carbonyl (C=O) groups is 1. The van der Waals surface area contributed by atoms with Gasteiger partial charge in [0.1, 0.15) is 5.82 Å². The summed E-state index contributed by atoms with van der Waals surface area (Å²) in [4.78, 5) is 10.8.